The Bertz CT molecular complexity index is 121. The monoisotopic (exact) mass is 98.0 g/mol. The maximum absolute atomic E-state index is 3.64. The molecule has 1 heterocycles. The van der Waals surface area contributed by atoms with Gasteiger partial charge in [0.2, 0.25) is 0 Å². The van der Waals surface area contributed by atoms with Crippen molar-refractivity contribution in [2.75, 3.05) is 7.05 Å². The number of aromatic nitrogens is 4. The Kier molecular flexibility index (Phi) is 0.892. The summed E-state index contributed by atoms with van der Waals surface area (Å²) < 4.78 is 0. The smallest absolute Gasteiger partial charge is 0.252 e. The molecule has 0 aliphatic rings. The number of tetrazole rings is 1. The highest BCUT2D eigenvalue weighted by Gasteiger charge is 1.86. The predicted octanol–water partition coefficient (Wildman–Crippen LogP) is -0.935. The molecule has 0 unspecified atom stereocenters. The van der Waals surface area contributed by atoms with Gasteiger partial charge in [-0.05, 0) is 10.4 Å². The van der Waals surface area contributed by atoms with Crippen LogP contribution in [-0.2, 0) is 0 Å². The predicted molar refractivity (Wildman–Crippen MR) is 21.9 cm³/mol. The van der Waals surface area contributed by atoms with E-state index in [1.807, 2.05) is 0 Å². The third-order valence-electron chi connectivity index (χ3n) is 0.546. The first kappa shape index (κ1) is 4.04. The van der Waals surface area contributed by atoms with Gasteiger partial charge in [-0.1, -0.05) is 5.10 Å². The molecule has 0 saturated carbocycles. The van der Waals surface area contributed by atoms with Crippen molar-refractivity contribution in [1.82, 2.24) is 25.9 Å². The minimum Gasteiger partial charge on any atom is -0.252 e. The fraction of sp³-hybridized carbons (Fsp3) is 0.500. The van der Waals surface area contributed by atoms with Crippen LogP contribution in [0.3, 0.4) is 0 Å². The maximum Gasteiger partial charge on any atom is 0.261 e. The molecule has 1 rings (SSSR count). The largest absolute Gasteiger partial charge is 0.261 e. The van der Waals surface area contributed by atoms with E-state index in [-0.39, 0.29) is 0 Å². The lowest BCUT2D eigenvalue weighted by Crippen LogP contribution is -1.87. The normalized spacial score (nSPS) is 8.71. The molecule has 7 heavy (non-hydrogen) atoms. The molecule has 5 heteroatoms. The first-order chi connectivity index (χ1) is 3.43. The van der Waals surface area contributed by atoms with Crippen molar-refractivity contribution in [2.45, 2.75) is 0 Å². The maximum atomic E-state index is 3.64. The van der Waals surface area contributed by atoms with Crippen LogP contribution in [0.4, 0.5) is 5.95 Å². The molecule has 0 fully saturated rings. The first-order valence-electron chi connectivity index (χ1n) is 1.77. The third-order valence-corrected chi connectivity index (χ3v) is 0.546. The molecule has 0 spiro atoms. The van der Waals surface area contributed by atoms with Gasteiger partial charge in [0.25, 0.3) is 5.95 Å². The first-order valence-corrected chi connectivity index (χ1v) is 1.77. The average Bonchev–Trinajstić information content (AvgIpc) is 2.14. The average molecular weight is 98.1 g/mol. The van der Waals surface area contributed by atoms with E-state index in [1.54, 1.807) is 7.05 Å². The van der Waals surface area contributed by atoms with Gasteiger partial charge >= 0.3 is 0 Å². The van der Waals surface area contributed by atoms with Crippen LogP contribution in [0, 0.1) is 0 Å². The summed E-state index contributed by atoms with van der Waals surface area (Å²) in [4.78, 5) is 0. The molecule has 1 radical (unpaired) electrons. The Morgan fingerprint density at radius 3 is 2.86 bits per heavy atom. The standard InChI is InChI=1S/C2H4N5/c1-3-2-4-6-7-5-2/h1H3,(H,4,5,6,7). The number of H-pyrrole nitrogens is 1. The van der Waals surface area contributed by atoms with E-state index in [4.69, 9.17) is 0 Å². The van der Waals surface area contributed by atoms with Gasteiger partial charge in [-0.15, -0.1) is 0 Å². The molecule has 1 aromatic rings. The van der Waals surface area contributed by atoms with E-state index in [9.17, 15) is 0 Å². The lowest BCUT2D eigenvalue weighted by atomic mass is 11.0. The van der Waals surface area contributed by atoms with Gasteiger partial charge in [0.1, 0.15) is 0 Å². The van der Waals surface area contributed by atoms with E-state index in [2.05, 4.69) is 25.9 Å². The lowest BCUT2D eigenvalue weighted by molar-refractivity contribution is 0.881. The Morgan fingerprint density at radius 2 is 2.57 bits per heavy atom. The summed E-state index contributed by atoms with van der Waals surface area (Å²) in [7, 11) is 1.61. The second kappa shape index (κ2) is 1.55. The summed E-state index contributed by atoms with van der Waals surface area (Å²) in [6.45, 7) is 0. The number of hydrogen-bond acceptors (Lipinski definition) is 3. The quantitative estimate of drug-likeness (QED) is 0.493. The Labute approximate surface area is 40.1 Å². The highest BCUT2D eigenvalue weighted by molar-refractivity contribution is 5.02. The van der Waals surface area contributed by atoms with Crippen molar-refractivity contribution < 1.29 is 0 Å². The van der Waals surface area contributed by atoms with Crippen molar-refractivity contribution >= 4 is 5.95 Å². The van der Waals surface area contributed by atoms with Crippen LogP contribution in [0.25, 0.3) is 0 Å². The Hall–Kier alpha value is -1.13. The molecule has 1 N–H and O–H groups in total. The second-order valence-corrected chi connectivity index (χ2v) is 0.948. The summed E-state index contributed by atoms with van der Waals surface area (Å²) in [5.74, 6) is 0.458. The molecule has 0 aliphatic carbocycles. The van der Waals surface area contributed by atoms with Crippen LogP contribution in [0.5, 0.6) is 0 Å². The van der Waals surface area contributed by atoms with Gasteiger partial charge < -0.3 is 0 Å². The van der Waals surface area contributed by atoms with Gasteiger partial charge in [0.15, 0.2) is 0 Å². The zero-order valence-corrected chi connectivity index (χ0v) is 3.79. The van der Waals surface area contributed by atoms with Gasteiger partial charge in [-0.25, -0.2) is 5.10 Å². The van der Waals surface area contributed by atoms with Gasteiger partial charge in [0.05, 0.1) is 0 Å². The minimum atomic E-state index is 0.458. The highest BCUT2D eigenvalue weighted by Crippen LogP contribution is 1.83. The van der Waals surface area contributed by atoms with Crippen LogP contribution in [0.15, 0.2) is 0 Å². The minimum absolute atomic E-state index is 0.458. The fourth-order valence-corrected chi connectivity index (χ4v) is 0.249. The molecule has 0 saturated heterocycles. The fourth-order valence-electron chi connectivity index (χ4n) is 0.249. The zero-order valence-electron chi connectivity index (χ0n) is 3.79. The number of nitrogens with one attached hydrogen (secondary N) is 1. The van der Waals surface area contributed by atoms with Gasteiger partial charge in [-0.3, -0.25) is 5.32 Å². The van der Waals surface area contributed by atoms with Gasteiger partial charge in [-0.2, -0.15) is 0 Å². The molecule has 0 aromatic carbocycles. The zero-order chi connectivity index (χ0) is 5.11. The van der Waals surface area contributed by atoms with E-state index in [0.29, 0.717) is 5.95 Å². The summed E-state index contributed by atoms with van der Waals surface area (Å²) in [5, 5.41) is 16.1. The molecule has 0 amide bonds. The summed E-state index contributed by atoms with van der Waals surface area (Å²) in [6.07, 6.45) is 0. The van der Waals surface area contributed by atoms with Crippen LogP contribution in [0.2, 0.25) is 0 Å². The molecule has 0 aliphatic heterocycles. The number of hydrogen-bond donors (Lipinski definition) is 1. The lowest BCUT2D eigenvalue weighted by Gasteiger charge is -1.77. The van der Waals surface area contributed by atoms with E-state index < -0.39 is 0 Å². The van der Waals surface area contributed by atoms with Crippen LogP contribution in [0.1, 0.15) is 0 Å². The summed E-state index contributed by atoms with van der Waals surface area (Å²) >= 11 is 0. The molecule has 5 nitrogen and oxygen atoms in total. The second-order valence-electron chi connectivity index (χ2n) is 0.948. The Balaban J connectivity index is 2.76. The Morgan fingerprint density at radius 1 is 1.71 bits per heavy atom. The molecule has 0 bridgehead atoms. The highest BCUT2D eigenvalue weighted by atomic mass is 15.5. The SMILES string of the molecule is C[N]c1nnn[nH]1. The number of rotatable bonds is 1. The van der Waals surface area contributed by atoms with Crippen molar-refractivity contribution in [3.63, 3.8) is 0 Å². The van der Waals surface area contributed by atoms with Crippen molar-refractivity contribution in [2.24, 2.45) is 0 Å². The third kappa shape index (κ3) is 0.648. The van der Waals surface area contributed by atoms with Crippen molar-refractivity contribution in [1.29, 1.82) is 0 Å². The molecule has 37 valence electrons. The molecule has 0 atom stereocenters. The topological polar surface area (TPSA) is 68.6 Å². The molecular formula is C2H4N5. The van der Waals surface area contributed by atoms with Crippen LogP contribution >= 0.6 is 0 Å². The van der Waals surface area contributed by atoms with Crippen molar-refractivity contribution in [3.8, 4) is 0 Å². The van der Waals surface area contributed by atoms with Gasteiger partial charge in [0, 0.05) is 7.05 Å². The summed E-state index contributed by atoms with van der Waals surface area (Å²) in [6, 6.07) is 0. The van der Waals surface area contributed by atoms with E-state index in [0.717, 1.165) is 0 Å². The number of nitrogens with zero attached hydrogens (tertiary/aromatic N) is 4. The van der Waals surface area contributed by atoms with E-state index in [1.165, 1.54) is 0 Å². The van der Waals surface area contributed by atoms with E-state index >= 15 is 0 Å². The van der Waals surface area contributed by atoms with Crippen molar-refractivity contribution in [3.05, 3.63) is 0 Å². The summed E-state index contributed by atoms with van der Waals surface area (Å²) in [5.41, 5.74) is 0. The van der Waals surface area contributed by atoms with Crippen LogP contribution < -0.4 is 5.32 Å². The van der Waals surface area contributed by atoms with Crippen LogP contribution in [-0.4, -0.2) is 27.7 Å². The molecular weight excluding hydrogens is 94.1 g/mol. The number of aromatic amines is 1. The molecule has 1 aromatic heterocycles.